The van der Waals surface area contributed by atoms with Crippen molar-refractivity contribution in [2.24, 2.45) is 4.99 Å². The zero-order chi connectivity index (χ0) is 29.2. The number of thiazole rings is 1. The standard InChI is InChI=1S/C35H30N2O4S/c1-4-40-34(39)31-23(3)36-35-37(32(31)26-17-15-22(2)16-18-26)33(38)30(42-35)20-24-9-7-13-28(19-24)41-21-27-12-8-11-25-10-5-6-14-29(25)27/h5-20,32H,4,21H2,1-3H3/t32-/m1/s1. The van der Waals surface area contributed by atoms with Gasteiger partial charge in [0.2, 0.25) is 0 Å². The predicted molar refractivity (Wildman–Crippen MR) is 166 cm³/mol. The monoisotopic (exact) mass is 574 g/mol. The number of allylic oxidation sites excluding steroid dienone is 1. The second kappa shape index (κ2) is 11.6. The summed E-state index contributed by atoms with van der Waals surface area (Å²) in [6, 6.07) is 29.4. The zero-order valence-corrected chi connectivity index (χ0v) is 24.5. The highest BCUT2D eigenvalue weighted by molar-refractivity contribution is 7.07. The number of carbonyl (C=O) groups excluding carboxylic acids is 1. The first-order valence-corrected chi connectivity index (χ1v) is 14.7. The smallest absolute Gasteiger partial charge is 0.338 e. The molecule has 2 heterocycles. The molecule has 0 bridgehead atoms. The first-order chi connectivity index (χ1) is 20.4. The normalized spacial score (nSPS) is 14.9. The first-order valence-electron chi connectivity index (χ1n) is 13.9. The van der Waals surface area contributed by atoms with E-state index in [1.54, 1.807) is 18.4 Å². The van der Waals surface area contributed by atoms with Crippen molar-refractivity contribution in [3.63, 3.8) is 0 Å². The zero-order valence-electron chi connectivity index (χ0n) is 23.7. The van der Waals surface area contributed by atoms with Gasteiger partial charge in [0.05, 0.1) is 28.5 Å². The van der Waals surface area contributed by atoms with E-state index in [1.807, 2.05) is 79.7 Å². The summed E-state index contributed by atoms with van der Waals surface area (Å²) in [5.74, 6) is 0.247. The van der Waals surface area contributed by atoms with Crippen LogP contribution in [0, 0.1) is 6.92 Å². The van der Waals surface area contributed by atoms with Gasteiger partial charge in [-0.3, -0.25) is 9.36 Å². The molecule has 0 unspecified atom stereocenters. The van der Waals surface area contributed by atoms with Gasteiger partial charge in [-0.1, -0.05) is 95.8 Å². The van der Waals surface area contributed by atoms with Gasteiger partial charge in [-0.2, -0.15) is 0 Å². The molecule has 42 heavy (non-hydrogen) atoms. The second-order valence-electron chi connectivity index (χ2n) is 10.2. The molecule has 210 valence electrons. The Morgan fingerprint density at radius 3 is 2.55 bits per heavy atom. The summed E-state index contributed by atoms with van der Waals surface area (Å²) in [6.07, 6.45) is 1.85. The topological polar surface area (TPSA) is 69.9 Å². The van der Waals surface area contributed by atoms with E-state index >= 15 is 0 Å². The Labute approximate surface area is 247 Å². The molecule has 6 nitrogen and oxygen atoms in total. The maximum Gasteiger partial charge on any atom is 0.338 e. The van der Waals surface area contributed by atoms with E-state index in [2.05, 4.69) is 29.3 Å². The molecule has 1 aliphatic heterocycles. The molecular weight excluding hydrogens is 544 g/mol. The summed E-state index contributed by atoms with van der Waals surface area (Å²) in [4.78, 5) is 32.2. The van der Waals surface area contributed by atoms with Crippen LogP contribution in [0.4, 0.5) is 0 Å². The minimum atomic E-state index is -0.626. The number of esters is 1. The van der Waals surface area contributed by atoms with Crippen LogP contribution in [0.15, 0.2) is 112 Å². The number of benzene rings is 4. The van der Waals surface area contributed by atoms with Gasteiger partial charge >= 0.3 is 5.97 Å². The van der Waals surface area contributed by atoms with Crippen LogP contribution in [0.5, 0.6) is 5.75 Å². The van der Waals surface area contributed by atoms with Crippen LogP contribution in [0.2, 0.25) is 0 Å². The molecule has 1 aliphatic rings. The molecule has 0 N–H and O–H groups in total. The number of fused-ring (bicyclic) bond motifs is 2. The van der Waals surface area contributed by atoms with Gasteiger partial charge in [-0.15, -0.1) is 0 Å². The molecule has 1 aromatic heterocycles. The Bertz CT molecular complexity index is 2010. The van der Waals surface area contributed by atoms with Crippen LogP contribution in [0.1, 0.15) is 42.1 Å². The van der Waals surface area contributed by atoms with Gasteiger partial charge in [0, 0.05) is 0 Å². The fourth-order valence-electron chi connectivity index (χ4n) is 5.28. The van der Waals surface area contributed by atoms with Crippen LogP contribution < -0.4 is 19.6 Å². The quantitative estimate of drug-likeness (QED) is 0.229. The molecular formula is C35H30N2O4S. The summed E-state index contributed by atoms with van der Waals surface area (Å²) < 4.78 is 13.7. The SMILES string of the molecule is CCOC(=O)C1=C(C)N=c2sc(=Cc3cccc(OCc4cccc5ccccc45)c3)c(=O)n2[C@@H]1c1ccc(C)cc1. The molecule has 0 aliphatic carbocycles. The number of hydrogen-bond donors (Lipinski definition) is 0. The van der Waals surface area contributed by atoms with Crippen LogP contribution >= 0.6 is 11.3 Å². The van der Waals surface area contributed by atoms with E-state index in [9.17, 15) is 9.59 Å². The highest BCUT2D eigenvalue weighted by Crippen LogP contribution is 2.31. The third-order valence-corrected chi connectivity index (χ3v) is 8.32. The molecule has 0 fully saturated rings. The van der Waals surface area contributed by atoms with Gasteiger partial charge in [0.25, 0.3) is 5.56 Å². The molecule has 6 rings (SSSR count). The molecule has 5 aromatic rings. The van der Waals surface area contributed by atoms with Crippen molar-refractivity contribution in [1.82, 2.24) is 4.57 Å². The molecule has 0 spiro atoms. The van der Waals surface area contributed by atoms with Gasteiger partial charge < -0.3 is 9.47 Å². The molecule has 1 atom stereocenters. The summed E-state index contributed by atoms with van der Waals surface area (Å²) in [5.41, 5.74) is 4.58. The lowest BCUT2D eigenvalue weighted by molar-refractivity contribution is -0.139. The second-order valence-corrected chi connectivity index (χ2v) is 11.2. The Morgan fingerprint density at radius 2 is 1.74 bits per heavy atom. The van der Waals surface area contributed by atoms with Crippen molar-refractivity contribution < 1.29 is 14.3 Å². The lowest BCUT2D eigenvalue weighted by Crippen LogP contribution is -2.39. The first kappa shape index (κ1) is 27.4. The molecule has 0 saturated heterocycles. The van der Waals surface area contributed by atoms with Crippen molar-refractivity contribution >= 4 is 34.2 Å². The van der Waals surface area contributed by atoms with Crippen molar-refractivity contribution in [3.8, 4) is 5.75 Å². The number of nitrogens with zero attached hydrogens (tertiary/aromatic N) is 2. The van der Waals surface area contributed by atoms with Crippen molar-refractivity contribution in [2.45, 2.75) is 33.4 Å². The predicted octanol–water partition coefficient (Wildman–Crippen LogP) is 5.84. The van der Waals surface area contributed by atoms with Crippen LogP contribution in [0.25, 0.3) is 16.8 Å². The number of rotatable bonds is 7. The van der Waals surface area contributed by atoms with E-state index in [-0.39, 0.29) is 12.2 Å². The van der Waals surface area contributed by atoms with Crippen LogP contribution in [0.3, 0.4) is 0 Å². The number of aryl methyl sites for hydroxylation is 1. The fraction of sp³-hybridized carbons (Fsp3) is 0.171. The number of ether oxygens (including phenoxy) is 2. The fourth-order valence-corrected chi connectivity index (χ4v) is 6.33. The van der Waals surface area contributed by atoms with Crippen LogP contribution in [-0.4, -0.2) is 17.1 Å². The number of aromatic nitrogens is 1. The summed E-state index contributed by atoms with van der Waals surface area (Å²) >= 11 is 1.31. The van der Waals surface area contributed by atoms with Gasteiger partial charge in [-0.05, 0) is 66.4 Å². The van der Waals surface area contributed by atoms with E-state index in [4.69, 9.17) is 9.47 Å². The highest BCUT2D eigenvalue weighted by Gasteiger charge is 2.33. The molecule has 0 saturated carbocycles. The number of carbonyl (C=O) groups is 1. The van der Waals surface area contributed by atoms with E-state index in [1.165, 1.54) is 16.7 Å². The molecule has 0 radical (unpaired) electrons. The van der Waals surface area contributed by atoms with E-state index in [0.29, 0.717) is 33.0 Å². The Morgan fingerprint density at radius 1 is 0.976 bits per heavy atom. The maximum absolute atomic E-state index is 13.9. The molecule has 7 heteroatoms. The molecule has 0 amide bonds. The third kappa shape index (κ3) is 5.31. The minimum Gasteiger partial charge on any atom is -0.489 e. The minimum absolute atomic E-state index is 0.208. The van der Waals surface area contributed by atoms with Crippen molar-refractivity contribution in [3.05, 3.63) is 144 Å². The maximum atomic E-state index is 13.9. The largest absolute Gasteiger partial charge is 0.489 e. The lowest BCUT2D eigenvalue weighted by atomic mass is 9.95. The van der Waals surface area contributed by atoms with Crippen LogP contribution in [-0.2, 0) is 16.1 Å². The summed E-state index contributed by atoms with van der Waals surface area (Å²) in [6.45, 7) is 6.23. The van der Waals surface area contributed by atoms with Gasteiger partial charge in [0.1, 0.15) is 12.4 Å². The third-order valence-electron chi connectivity index (χ3n) is 7.34. The van der Waals surface area contributed by atoms with E-state index < -0.39 is 12.0 Å². The average Bonchev–Trinajstić information content (AvgIpc) is 3.29. The Hall–Kier alpha value is -4.75. The van der Waals surface area contributed by atoms with E-state index in [0.717, 1.165) is 27.6 Å². The summed E-state index contributed by atoms with van der Waals surface area (Å²) in [7, 11) is 0. The lowest BCUT2D eigenvalue weighted by Gasteiger charge is -2.24. The van der Waals surface area contributed by atoms with Gasteiger partial charge in [0.15, 0.2) is 4.80 Å². The Kier molecular flexibility index (Phi) is 7.59. The van der Waals surface area contributed by atoms with Gasteiger partial charge in [-0.25, -0.2) is 9.79 Å². The average molecular weight is 575 g/mol. The van der Waals surface area contributed by atoms with Crippen molar-refractivity contribution in [1.29, 1.82) is 0 Å². The van der Waals surface area contributed by atoms with Crippen molar-refractivity contribution in [2.75, 3.05) is 6.61 Å². The highest BCUT2D eigenvalue weighted by atomic mass is 32.1. The number of hydrogen-bond acceptors (Lipinski definition) is 6. The molecule has 4 aromatic carbocycles. The Balaban J connectivity index is 1.36. The summed E-state index contributed by atoms with van der Waals surface area (Å²) in [5, 5.41) is 2.34.